The minimum Gasteiger partial charge on any atom is -0.480 e. The molecule has 0 rings (SSSR count). The molecule has 0 aromatic carbocycles. The number of carboxylic acid groups (broad SMARTS) is 1. The fraction of sp³-hybridized carbons (Fsp3) is 0.875. The van der Waals surface area contributed by atoms with Crippen LogP contribution in [0.5, 0.6) is 0 Å². The maximum Gasteiger partial charge on any atom is 0.321 e. The topological polar surface area (TPSA) is 92.7 Å². The van der Waals surface area contributed by atoms with Crippen molar-refractivity contribution >= 4 is 16.0 Å². The van der Waals surface area contributed by atoms with Gasteiger partial charge in [-0.1, -0.05) is 0 Å². The van der Waals surface area contributed by atoms with Crippen LogP contribution in [0.4, 0.5) is 0 Å². The molecule has 6 nitrogen and oxygen atoms in total. The summed E-state index contributed by atoms with van der Waals surface area (Å²) in [5.41, 5.74) is 0. The molecule has 2 N–H and O–H groups in total. The Hall–Kier alpha value is -0.660. The minimum atomic E-state index is -3.47. The van der Waals surface area contributed by atoms with Gasteiger partial charge in [-0.2, -0.15) is 0 Å². The summed E-state index contributed by atoms with van der Waals surface area (Å²) in [5, 5.41) is 8.76. The fourth-order valence-electron chi connectivity index (χ4n) is 0.965. The summed E-state index contributed by atoms with van der Waals surface area (Å²) < 4.78 is 29.2. The zero-order valence-electron chi connectivity index (χ0n) is 8.89. The van der Waals surface area contributed by atoms with Crippen LogP contribution in [0.1, 0.15) is 19.8 Å². The van der Waals surface area contributed by atoms with E-state index in [-0.39, 0.29) is 12.2 Å². The van der Waals surface area contributed by atoms with E-state index in [0.29, 0.717) is 13.0 Å². The number of rotatable bonds is 8. The van der Waals surface area contributed by atoms with Crippen LogP contribution in [0.15, 0.2) is 0 Å². The first-order valence-corrected chi connectivity index (χ1v) is 6.30. The van der Waals surface area contributed by atoms with Gasteiger partial charge in [-0.05, 0) is 19.8 Å². The molecule has 0 saturated carbocycles. The van der Waals surface area contributed by atoms with Crippen LogP contribution in [0.3, 0.4) is 0 Å². The van der Waals surface area contributed by atoms with Crippen molar-refractivity contribution < 1.29 is 23.1 Å². The van der Waals surface area contributed by atoms with Crippen molar-refractivity contribution in [2.45, 2.75) is 25.8 Å². The van der Waals surface area contributed by atoms with Gasteiger partial charge in [0.15, 0.2) is 0 Å². The Morgan fingerprint density at radius 3 is 2.53 bits per heavy atom. The largest absolute Gasteiger partial charge is 0.480 e. The molecule has 0 aliphatic heterocycles. The lowest BCUT2D eigenvalue weighted by atomic mass is 10.2. The Balaban J connectivity index is 4.23. The third-order valence-electron chi connectivity index (χ3n) is 1.84. The molecule has 0 aromatic rings. The third kappa shape index (κ3) is 6.43. The fourth-order valence-corrected chi connectivity index (χ4v) is 1.78. The van der Waals surface area contributed by atoms with Gasteiger partial charge in [-0.25, -0.2) is 13.1 Å². The van der Waals surface area contributed by atoms with Crippen molar-refractivity contribution in [2.24, 2.45) is 0 Å². The SMILES string of the molecule is CCS(=O)(=O)NC(CCCOC)C(=O)O. The van der Waals surface area contributed by atoms with Gasteiger partial charge in [0.25, 0.3) is 0 Å². The lowest BCUT2D eigenvalue weighted by Crippen LogP contribution is -2.41. The summed E-state index contributed by atoms with van der Waals surface area (Å²) in [6.07, 6.45) is 0.724. The second-order valence-electron chi connectivity index (χ2n) is 3.05. The first-order valence-electron chi connectivity index (χ1n) is 4.64. The molecule has 1 atom stereocenters. The van der Waals surface area contributed by atoms with Gasteiger partial charge in [0.2, 0.25) is 10.0 Å². The summed E-state index contributed by atoms with van der Waals surface area (Å²) in [5.74, 6) is -1.29. The molecular weight excluding hydrogens is 222 g/mol. The van der Waals surface area contributed by atoms with Crippen LogP contribution in [-0.4, -0.2) is 45.0 Å². The van der Waals surface area contributed by atoms with Crippen LogP contribution < -0.4 is 4.72 Å². The first-order chi connectivity index (χ1) is 6.93. The van der Waals surface area contributed by atoms with E-state index in [4.69, 9.17) is 9.84 Å². The highest BCUT2D eigenvalue weighted by atomic mass is 32.2. The number of hydrogen-bond acceptors (Lipinski definition) is 4. The summed E-state index contributed by atoms with van der Waals surface area (Å²) >= 11 is 0. The Kier molecular flexibility index (Phi) is 6.46. The average Bonchev–Trinajstić information content (AvgIpc) is 2.16. The minimum absolute atomic E-state index is 0.124. The molecule has 0 bridgehead atoms. The Bertz CT molecular complexity index is 287. The predicted octanol–water partition coefficient (Wildman–Crippen LogP) is -0.194. The molecule has 0 aliphatic rings. The number of ether oxygens (including phenoxy) is 1. The van der Waals surface area contributed by atoms with Gasteiger partial charge in [0.1, 0.15) is 6.04 Å². The van der Waals surface area contributed by atoms with Crippen molar-refractivity contribution in [2.75, 3.05) is 19.5 Å². The summed E-state index contributed by atoms with van der Waals surface area (Å²) in [7, 11) is -1.97. The van der Waals surface area contributed by atoms with E-state index in [2.05, 4.69) is 4.72 Å². The number of carboxylic acids is 1. The molecule has 0 spiro atoms. The summed E-state index contributed by atoms with van der Waals surface area (Å²) in [6, 6.07) is -1.06. The second-order valence-corrected chi connectivity index (χ2v) is 5.09. The van der Waals surface area contributed by atoms with Gasteiger partial charge >= 0.3 is 5.97 Å². The summed E-state index contributed by atoms with van der Waals surface area (Å²) in [6.45, 7) is 1.87. The molecule has 0 fully saturated rings. The molecule has 0 aromatic heterocycles. The molecule has 7 heteroatoms. The lowest BCUT2D eigenvalue weighted by molar-refractivity contribution is -0.139. The number of aliphatic carboxylic acids is 1. The molecule has 0 heterocycles. The van der Waals surface area contributed by atoms with Crippen molar-refractivity contribution in [1.82, 2.24) is 4.72 Å². The quantitative estimate of drug-likeness (QED) is 0.572. The standard InChI is InChI=1S/C8H17NO5S/c1-3-15(12,13)9-7(8(10)11)5-4-6-14-2/h7,9H,3-6H2,1-2H3,(H,10,11). The smallest absolute Gasteiger partial charge is 0.321 e. The predicted molar refractivity (Wildman–Crippen MR) is 55.1 cm³/mol. The van der Waals surface area contributed by atoms with Gasteiger partial charge in [-0.15, -0.1) is 0 Å². The van der Waals surface area contributed by atoms with Gasteiger partial charge in [0, 0.05) is 13.7 Å². The maximum atomic E-state index is 11.1. The van der Waals surface area contributed by atoms with E-state index in [9.17, 15) is 13.2 Å². The zero-order chi connectivity index (χ0) is 11.9. The molecule has 90 valence electrons. The Morgan fingerprint density at radius 2 is 2.13 bits per heavy atom. The van der Waals surface area contributed by atoms with Crippen LogP contribution in [0, 0.1) is 0 Å². The highest BCUT2D eigenvalue weighted by molar-refractivity contribution is 7.89. The van der Waals surface area contributed by atoms with Gasteiger partial charge in [-0.3, -0.25) is 4.79 Å². The van der Waals surface area contributed by atoms with E-state index in [1.807, 2.05) is 0 Å². The van der Waals surface area contributed by atoms with Crippen LogP contribution in [0.2, 0.25) is 0 Å². The molecule has 1 unspecified atom stereocenters. The van der Waals surface area contributed by atoms with Gasteiger partial charge < -0.3 is 9.84 Å². The lowest BCUT2D eigenvalue weighted by Gasteiger charge is -2.13. The van der Waals surface area contributed by atoms with Gasteiger partial charge in [0.05, 0.1) is 5.75 Å². The molecule has 15 heavy (non-hydrogen) atoms. The van der Waals surface area contributed by atoms with Crippen LogP contribution >= 0.6 is 0 Å². The molecule has 0 aliphatic carbocycles. The number of hydrogen-bond donors (Lipinski definition) is 2. The second kappa shape index (κ2) is 6.76. The Labute approximate surface area is 89.7 Å². The van der Waals surface area contributed by atoms with E-state index in [1.54, 1.807) is 0 Å². The molecule has 0 amide bonds. The molecule has 0 saturated heterocycles. The van der Waals surface area contributed by atoms with Crippen molar-refractivity contribution in [1.29, 1.82) is 0 Å². The van der Waals surface area contributed by atoms with E-state index >= 15 is 0 Å². The highest BCUT2D eigenvalue weighted by Crippen LogP contribution is 2.00. The van der Waals surface area contributed by atoms with Crippen molar-refractivity contribution in [3.8, 4) is 0 Å². The summed E-state index contributed by atoms with van der Waals surface area (Å²) in [4.78, 5) is 10.7. The molecule has 0 radical (unpaired) electrons. The highest BCUT2D eigenvalue weighted by Gasteiger charge is 2.22. The third-order valence-corrected chi connectivity index (χ3v) is 3.24. The van der Waals surface area contributed by atoms with E-state index < -0.39 is 22.0 Å². The number of carbonyl (C=O) groups is 1. The first kappa shape index (κ1) is 14.3. The number of methoxy groups -OCH3 is 1. The zero-order valence-corrected chi connectivity index (χ0v) is 9.71. The van der Waals surface area contributed by atoms with Crippen LogP contribution in [-0.2, 0) is 19.6 Å². The average molecular weight is 239 g/mol. The number of nitrogens with one attached hydrogen (secondary N) is 1. The van der Waals surface area contributed by atoms with Crippen molar-refractivity contribution in [3.05, 3.63) is 0 Å². The van der Waals surface area contributed by atoms with Crippen LogP contribution in [0.25, 0.3) is 0 Å². The van der Waals surface area contributed by atoms with Crippen molar-refractivity contribution in [3.63, 3.8) is 0 Å². The Morgan fingerprint density at radius 1 is 1.53 bits per heavy atom. The van der Waals surface area contributed by atoms with E-state index in [0.717, 1.165) is 0 Å². The number of sulfonamides is 1. The normalized spacial score (nSPS) is 13.7. The van der Waals surface area contributed by atoms with E-state index in [1.165, 1.54) is 14.0 Å². The monoisotopic (exact) mass is 239 g/mol. The maximum absolute atomic E-state index is 11.1. The molecular formula is C8H17NO5S.